The third-order valence-electron chi connectivity index (χ3n) is 9.97. The summed E-state index contributed by atoms with van der Waals surface area (Å²) < 4.78 is 7.21. The Morgan fingerprint density at radius 3 is 1.77 bits per heavy atom. The van der Waals surface area contributed by atoms with Gasteiger partial charge in [-0.3, -0.25) is 4.90 Å². The van der Waals surface area contributed by atoms with Gasteiger partial charge in [0.05, 0.1) is 0 Å². The molecule has 0 fully saturated rings. The highest BCUT2D eigenvalue weighted by Crippen LogP contribution is 2.57. The summed E-state index contributed by atoms with van der Waals surface area (Å²) in [6.07, 6.45) is 15.3. The molecule has 228 valence electrons. The van der Waals surface area contributed by atoms with Gasteiger partial charge in [0.1, 0.15) is 5.75 Å². The Morgan fingerprint density at radius 1 is 0.617 bits per heavy atom. The number of hydrogen-bond donors (Lipinski definition) is 0. The zero-order valence-corrected chi connectivity index (χ0v) is 26.8. The first-order valence-corrected chi connectivity index (χ1v) is 16.4. The molecule has 1 aliphatic heterocycles. The molecule has 0 saturated heterocycles. The zero-order chi connectivity index (χ0) is 32.0. The summed E-state index contributed by atoms with van der Waals surface area (Å²) in [7, 11) is 0. The van der Waals surface area contributed by atoms with Crippen LogP contribution in [0.25, 0.3) is 27.8 Å². The van der Waals surface area contributed by atoms with Gasteiger partial charge in [-0.15, -0.1) is 0 Å². The molecular formula is C45H37NO. The van der Waals surface area contributed by atoms with Crippen LogP contribution in [0.3, 0.4) is 0 Å². The van der Waals surface area contributed by atoms with Gasteiger partial charge >= 0.3 is 0 Å². The third kappa shape index (κ3) is 5.07. The van der Waals surface area contributed by atoms with Crippen LogP contribution in [0.1, 0.15) is 36.5 Å². The zero-order valence-electron chi connectivity index (χ0n) is 26.8. The van der Waals surface area contributed by atoms with Gasteiger partial charge in [-0.2, -0.15) is 0 Å². The van der Waals surface area contributed by atoms with Crippen LogP contribution < -0.4 is 9.64 Å². The monoisotopic (exact) mass is 607 g/mol. The van der Waals surface area contributed by atoms with E-state index in [9.17, 15) is 0 Å². The van der Waals surface area contributed by atoms with Crippen molar-refractivity contribution >= 4 is 16.9 Å². The van der Waals surface area contributed by atoms with Crippen molar-refractivity contribution < 1.29 is 4.74 Å². The van der Waals surface area contributed by atoms with Crippen molar-refractivity contribution in [3.8, 4) is 28.0 Å². The predicted molar refractivity (Wildman–Crippen MR) is 197 cm³/mol. The summed E-state index contributed by atoms with van der Waals surface area (Å²) in [5.74, 6) is 2.24. The lowest BCUT2D eigenvalue weighted by atomic mass is 9.74. The number of benzene rings is 5. The van der Waals surface area contributed by atoms with Crippen molar-refractivity contribution in [3.63, 3.8) is 0 Å². The Bertz CT molecular complexity index is 2000. The summed E-state index contributed by atoms with van der Waals surface area (Å²) in [6, 6.07) is 43.0. The molecule has 2 aliphatic carbocycles. The number of fused-ring (bicyclic) bond motifs is 5. The molecule has 0 aromatic heterocycles. The quantitative estimate of drug-likeness (QED) is 0.197. The molecule has 47 heavy (non-hydrogen) atoms. The van der Waals surface area contributed by atoms with E-state index in [1.807, 2.05) is 6.08 Å². The van der Waals surface area contributed by atoms with Crippen LogP contribution in [-0.4, -0.2) is 0 Å². The van der Waals surface area contributed by atoms with Gasteiger partial charge in [0.15, 0.2) is 0 Å². The summed E-state index contributed by atoms with van der Waals surface area (Å²) in [4.78, 5) is 2.22. The second-order valence-electron chi connectivity index (χ2n) is 13.1. The molecule has 2 unspecified atom stereocenters. The molecule has 2 atom stereocenters. The smallest absolute Gasteiger partial charge is 0.205 e. The van der Waals surface area contributed by atoms with Crippen LogP contribution in [0.5, 0.6) is 5.75 Å². The summed E-state index contributed by atoms with van der Waals surface area (Å²) in [5.41, 5.74) is 11.3. The number of hydrogen-bond acceptors (Lipinski definition) is 2. The second kappa shape index (κ2) is 11.6. The number of ether oxygens (including phenoxy) is 1. The first-order chi connectivity index (χ1) is 23.0. The van der Waals surface area contributed by atoms with E-state index in [4.69, 9.17) is 4.74 Å². The number of allylic oxidation sites excluding steroid dienone is 8. The SMILES string of the molecule is C=C1/C=C\C=C(\N(c2ccc(-c3ccccc3)cc2)c2ccc(-c3ccccc3)cc2)Oc2c1ccc1c2C2C=CC=CC2C1(C)C. The molecule has 5 aromatic rings. The average molecular weight is 608 g/mol. The third-order valence-corrected chi connectivity index (χ3v) is 9.97. The van der Waals surface area contributed by atoms with E-state index in [1.165, 1.54) is 33.4 Å². The summed E-state index contributed by atoms with van der Waals surface area (Å²) >= 11 is 0. The fraction of sp³-hybridized carbons (Fsp3) is 0.111. The van der Waals surface area contributed by atoms with Gasteiger partial charge < -0.3 is 4.74 Å². The second-order valence-corrected chi connectivity index (χ2v) is 13.1. The highest BCUT2D eigenvalue weighted by atomic mass is 16.5. The molecule has 1 heterocycles. The maximum Gasteiger partial charge on any atom is 0.205 e. The molecule has 8 rings (SSSR count). The molecule has 0 radical (unpaired) electrons. The maximum atomic E-state index is 7.21. The lowest BCUT2D eigenvalue weighted by molar-refractivity contribution is 0.388. The molecule has 3 aliphatic rings. The van der Waals surface area contributed by atoms with E-state index in [2.05, 4.69) is 183 Å². The van der Waals surface area contributed by atoms with E-state index >= 15 is 0 Å². The van der Waals surface area contributed by atoms with Crippen molar-refractivity contribution in [2.24, 2.45) is 5.92 Å². The average Bonchev–Trinajstić information content (AvgIpc) is 3.35. The Kier molecular flexibility index (Phi) is 7.14. The molecule has 0 N–H and O–H groups in total. The molecule has 0 bridgehead atoms. The van der Waals surface area contributed by atoms with Gasteiger partial charge in [0.2, 0.25) is 5.88 Å². The Hall–Kier alpha value is -5.60. The highest BCUT2D eigenvalue weighted by molar-refractivity contribution is 5.81. The van der Waals surface area contributed by atoms with E-state index < -0.39 is 0 Å². The number of anilines is 2. The molecule has 0 amide bonds. The maximum absolute atomic E-state index is 7.21. The van der Waals surface area contributed by atoms with Crippen molar-refractivity contribution in [2.45, 2.75) is 25.2 Å². The van der Waals surface area contributed by atoms with E-state index in [0.717, 1.165) is 34.1 Å². The van der Waals surface area contributed by atoms with Crippen LogP contribution in [0.4, 0.5) is 11.4 Å². The Morgan fingerprint density at radius 2 is 1.17 bits per heavy atom. The topological polar surface area (TPSA) is 12.5 Å². The normalized spacial score (nSPS) is 20.5. The van der Waals surface area contributed by atoms with Crippen LogP contribution in [-0.2, 0) is 5.41 Å². The number of rotatable bonds is 5. The molecule has 2 nitrogen and oxygen atoms in total. The largest absolute Gasteiger partial charge is 0.439 e. The van der Waals surface area contributed by atoms with E-state index in [0.29, 0.717) is 5.92 Å². The lowest BCUT2D eigenvalue weighted by Gasteiger charge is -2.30. The molecule has 5 aromatic carbocycles. The first kappa shape index (κ1) is 28.8. The molecule has 2 heteroatoms. The fourth-order valence-electron chi connectivity index (χ4n) is 7.47. The van der Waals surface area contributed by atoms with E-state index in [1.54, 1.807) is 0 Å². The molecular weight excluding hydrogens is 571 g/mol. The first-order valence-electron chi connectivity index (χ1n) is 16.4. The van der Waals surface area contributed by atoms with Gasteiger partial charge in [-0.05, 0) is 75.1 Å². The van der Waals surface area contributed by atoms with Crippen LogP contribution in [0, 0.1) is 5.92 Å². The van der Waals surface area contributed by atoms with Crippen LogP contribution in [0.2, 0.25) is 0 Å². The Labute approximate surface area is 278 Å². The van der Waals surface area contributed by atoms with Crippen molar-refractivity contribution in [1.82, 2.24) is 0 Å². The summed E-state index contributed by atoms with van der Waals surface area (Å²) in [5, 5.41) is 0. The Balaban J connectivity index is 1.26. The van der Waals surface area contributed by atoms with Crippen molar-refractivity contribution in [2.75, 3.05) is 4.90 Å². The van der Waals surface area contributed by atoms with Crippen LogP contribution >= 0.6 is 0 Å². The van der Waals surface area contributed by atoms with Crippen molar-refractivity contribution in [3.05, 3.63) is 193 Å². The van der Waals surface area contributed by atoms with Gasteiger partial charge in [0, 0.05) is 28.4 Å². The van der Waals surface area contributed by atoms with Gasteiger partial charge in [-0.1, -0.05) is 154 Å². The minimum Gasteiger partial charge on any atom is -0.439 e. The predicted octanol–water partition coefficient (Wildman–Crippen LogP) is 11.8. The lowest BCUT2D eigenvalue weighted by Crippen LogP contribution is -2.24. The number of nitrogens with zero attached hydrogens (tertiary/aromatic N) is 1. The molecule has 0 saturated carbocycles. The van der Waals surface area contributed by atoms with Gasteiger partial charge in [0.25, 0.3) is 0 Å². The molecule has 0 spiro atoms. The minimum atomic E-state index is -0.0245. The van der Waals surface area contributed by atoms with Crippen molar-refractivity contribution in [1.29, 1.82) is 0 Å². The van der Waals surface area contributed by atoms with Crippen LogP contribution in [0.15, 0.2) is 176 Å². The van der Waals surface area contributed by atoms with Gasteiger partial charge in [-0.25, -0.2) is 0 Å². The summed E-state index contributed by atoms with van der Waals surface area (Å²) in [6.45, 7) is 9.16. The fourth-order valence-corrected chi connectivity index (χ4v) is 7.47. The minimum absolute atomic E-state index is 0.0245. The highest BCUT2D eigenvalue weighted by Gasteiger charge is 2.47. The standard InChI is InChI=1S/C45H37NO/c1-31-13-12-20-42(47-44-38(31)29-30-41-43(44)39-18-10-11-19-40(39)45(41,2)3)46(36-25-21-34(22-26-36)32-14-6-4-7-15-32)37-27-23-35(24-28-37)33-16-8-5-9-17-33/h4-30,39-40H,1H2,2-3H3/b13-12-,42-20-. The van der Waals surface area contributed by atoms with E-state index in [-0.39, 0.29) is 11.3 Å².